The minimum Gasteiger partial charge on any atom is -0.340 e. The average molecular weight is 553 g/mol. The molecule has 39 heavy (non-hydrogen) atoms. The summed E-state index contributed by atoms with van der Waals surface area (Å²) in [4.78, 5) is 29.0. The van der Waals surface area contributed by atoms with Gasteiger partial charge in [-0.25, -0.2) is 9.37 Å². The van der Waals surface area contributed by atoms with Gasteiger partial charge in [-0.1, -0.05) is 64.4 Å². The summed E-state index contributed by atoms with van der Waals surface area (Å²) in [6, 6.07) is 15.9. The van der Waals surface area contributed by atoms with E-state index in [9.17, 15) is 14.0 Å². The van der Waals surface area contributed by atoms with Gasteiger partial charge in [0.25, 0.3) is 5.91 Å². The van der Waals surface area contributed by atoms with Gasteiger partial charge >= 0.3 is 0 Å². The molecule has 2 aromatic carbocycles. The molecule has 4 rings (SSSR count). The van der Waals surface area contributed by atoms with Crippen LogP contribution in [0, 0.1) is 25.1 Å². The molecule has 0 bridgehead atoms. The fourth-order valence-electron chi connectivity index (χ4n) is 3.70. The van der Waals surface area contributed by atoms with E-state index in [0.717, 1.165) is 16.5 Å². The zero-order valence-electron chi connectivity index (χ0n) is 23.9. The van der Waals surface area contributed by atoms with Gasteiger partial charge in [0.1, 0.15) is 16.7 Å². The monoisotopic (exact) mass is 552 g/mol. The molecule has 0 atom stereocenters. The van der Waals surface area contributed by atoms with Crippen LogP contribution in [0.15, 0.2) is 60.8 Å². The molecule has 0 aliphatic heterocycles. The molecule has 2 aromatic heterocycles. The molecule has 0 radical (unpaired) electrons. The lowest BCUT2D eigenvalue weighted by Crippen LogP contribution is -2.19. The number of amides is 2. The van der Waals surface area contributed by atoms with E-state index in [1.54, 1.807) is 31.2 Å². The molecular formula is C31H38ClFN4O2. The Morgan fingerprint density at radius 3 is 2.18 bits per heavy atom. The molecule has 8 heteroatoms. The zero-order chi connectivity index (χ0) is 29.3. The number of rotatable bonds is 4. The van der Waals surface area contributed by atoms with E-state index in [-0.39, 0.29) is 23.0 Å². The van der Waals surface area contributed by atoms with E-state index in [0.29, 0.717) is 34.2 Å². The molecule has 2 N–H and O–H groups in total. The fraction of sp³-hybridized carbons (Fsp3) is 0.323. The summed E-state index contributed by atoms with van der Waals surface area (Å²) in [6.07, 6.45) is 1.96. The van der Waals surface area contributed by atoms with Gasteiger partial charge in [-0.3, -0.25) is 9.59 Å². The standard InChI is InChI=1S/C22H25ClN4O2.C7H7F.C2H6/c1-13-8-16(12-24-20(13)23)26-21(29)18-10-14-9-15(6-7-17(14)27(18)5)25-19(28)11-22(2,3)4;1-6-4-2-3-5-7(6)8;1-2/h6-10,12H,11H2,1-5H3,(H,25,28)(H,26,29);2-5H,1H3;1-2H3. The number of fused-ring (bicyclic) bond motifs is 1. The van der Waals surface area contributed by atoms with Crippen molar-refractivity contribution >= 4 is 45.7 Å². The molecular weight excluding hydrogens is 515 g/mol. The Morgan fingerprint density at radius 1 is 0.949 bits per heavy atom. The Morgan fingerprint density at radius 2 is 1.62 bits per heavy atom. The van der Waals surface area contributed by atoms with Gasteiger partial charge in [0, 0.05) is 30.1 Å². The Labute approximate surface area is 235 Å². The second kappa shape index (κ2) is 13.9. The van der Waals surface area contributed by atoms with Gasteiger partial charge < -0.3 is 15.2 Å². The number of hydrogen-bond donors (Lipinski definition) is 2. The molecule has 0 aliphatic carbocycles. The van der Waals surface area contributed by atoms with Crippen LogP contribution in [0.5, 0.6) is 0 Å². The number of halogens is 2. The predicted octanol–water partition coefficient (Wildman–Crippen LogP) is 8.32. The van der Waals surface area contributed by atoms with E-state index in [1.807, 2.05) is 77.4 Å². The molecule has 2 heterocycles. The number of nitrogens with zero attached hydrogens (tertiary/aromatic N) is 2. The highest BCUT2D eigenvalue weighted by Crippen LogP contribution is 2.25. The summed E-state index contributed by atoms with van der Waals surface area (Å²) in [6.45, 7) is 13.6. The van der Waals surface area contributed by atoms with Crippen molar-refractivity contribution < 1.29 is 14.0 Å². The maximum absolute atomic E-state index is 12.8. The Balaban J connectivity index is 0.000000451. The number of carbonyl (C=O) groups is 2. The molecule has 2 amide bonds. The normalized spacial score (nSPS) is 10.6. The largest absolute Gasteiger partial charge is 0.340 e. The molecule has 0 saturated carbocycles. The zero-order valence-corrected chi connectivity index (χ0v) is 24.7. The van der Waals surface area contributed by atoms with E-state index in [2.05, 4.69) is 15.6 Å². The van der Waals surface area contributed by atoms with Crippen molar-refractivity contribution in [3.05, 3.63) is 88.6 Å². The third kappa shape index (κ3) is 9.21. The second-order valence-corrected chi connectivity index (χ2v) is 10.5. The summed E-state index contributed by atoms with van der Waals surface area (Å²) < 4.78 is 14.1. The van der Waals surface area contributed by atoms with Crippen molar-refractivity contribution in [3.63, 3.8) is 0 Å². The number of carbonyl (C=O) groups excluding carboxylic acids is 2. The lowest BCUT2D eigenvalue weighted by molar-refractivity contribution is -0.117. The molecule has 0 saturated heterocycles. The third-order valence-electron chi connectivity index (χ3n) is 5.60. The van der Waals surface area contributed by atoms with Crippen molar-refractivity contribution in [2.75, 3.05) is 10.6 Å². The molecule has 208 valence electrons. The van der Waals surface area contributed by atoms with Crippen LogP contribution in [0.2, 0.25) is 5.15 Å². The highest BCUT2D eigenvalue weighted by Gasteiger charge is 2.17. The molecule has 0 unspecified atom stereocenters. The lowest BCUT2D eigenvalue weighted by Gasteiger charge is -2.17. The van der Waals surface area contributed by atoms with Crippen LogP contribution in [0.25, 0.3) is 10.9 Å². The Hall–Kier alpha value is -3.71. The van der Waals surface area contributed by atoms with E-state index < -0.39 is 0 Å². The van der Waals surface area contributed by atoms with Gasteiger partial charge in [0.05, 0.1) is 11.9 Å². The van der Waals surface area contributed by atoms with E-state index in [1.165, 1.54) is 12.3 Å². The predicted molar refractivity (Wildman–Crippen MR) is 160 cm³/mol. The van der Waals surface area contributed by atoms with Crippen LogP contribution in [0.3, 0.4) is 0 Å². The molecule has 0 fully saturated rings. The second-order valence-electron chi connectivity index (χ2n) is 10.2. The summed E-state index contributed by atoms with van der Waals surface area (Å²) >= 11 is 5.94. The Kier molecular flexibility index (Phi) is 11.2. The lowest BCUT2D eigenvalue weighted by atomic mass is 9.92. The maximum Gasteiger partial charge on any atom is 0.272 e. The summed E-state index contributed by atoms with van der Waals surface area (Å²) in [7, 11) is 1.83. The minimum absolute atomic E-state index is 0.0312. The summed E-state index contributed by atoms with van der Waals surface area (Å²) in [5.74, 6) is -0.408. The number of anilines is 2. The third-order valence-corrected chi connectivity index (χ3v) is 5.99. The van der Waals surface area contributed by atoms with E-state index >= 15 is 0 Å². The van der Waals surface area contributed by atoms with Gasteiger partial charge in [0.15, 0.2) is 0 Å². The average Bonchev–Trinajstić information content (AvgIpc) is 3.19. The van der Waals surface area contributed by atoms with Crippen LogP contribution < -0.4 is 10.6 Å². The summed E-state index contributed by atoms with van der Waals surface area (Å²) in [5, 5.41) is 7.06. The first-order valence-corrected chi connectivity index (χ1v) is 13.3. The van der Waals surface area contributed by atoms with Crippen molar-refractivity contribution in [1.82, 2.24) is 9.55 Å². The smallest absolute Gasteiger partial charge is 0.272 e. The van der Waals surface area contributed by atoms with Crippen LogP contribution in [0.4, 0.5) is 15.8 Å². The van der Waals surface area contributed by atoms with Gasteiger partial charge in [-0.2, -0.15) is 0 Å². The number of aryl methyl sites for hydroxylation is 3. The first-order valence-electron chi connectivity index (χ1n) is 12.9. The van der Waals surface area contributed by atoms with Crippen molar-refractivity contribution in [2.45, 2.75) is 54.9 Å². The van der Waals surface area contributed by atoms with Crippen molar-refractivity contribution in [1.29, 1.82) is 0 Å². The minimum atomic E-state index is -0.245. The highest BCUT2D eigenvalue weighted by atomic mass is 35.5. The number of nitrogens with one attached hydrogen (secondary N) is 2. The van der Waals surface area contributed by atoms with Crippen molar-refractivity contribution in [3.8, 4) is 0 Å². The highest BCUT2D eigenvalue weighted by molar-refractivity contribution is 6.30. The molecule has 4 aromatic rings. The number of benzene rings is 2. The van der Waals surface area contributed by atoms with Crippen molar-refractivity contribution in [2.24, 2.45) is 12.5 Å². The van der Waals surface area contributed by atoms with Crippen LogP contribution >= 0.6 is 11.6 Å². The maximum atomic E-state index is 12.8. The topological polar surface area (TPSA) is 76.0 Å². The van der Waals surface area contributed by atoms with Crippen LogP contribution in [0.1, 0.15) is 62.7 Å². The number of aromatic nitrogens is 2. The molecule has 0 spiro atoms. The fourth-order valence-corrected chi connectivity index (χ4v) is 3.81. The van der Waals surface area contributed by atoms with Gasteiger partial charge in [0.2, 0.25) is 5.91 Å². The first-order chi connectivity index (χ1) is 18.3. The molecule has 6 nitrogen and oxygen atoms in total. The van der Waals surface area contributed by atoms with Gasteiger partial charge in [-0.05, 0) is 66.8 Å². The number of hydrogen-bond acceptors (Lipinski definition) is 3. The first kappa shape index (κ1) is 31.5. The van der Waals surface area contributed by atoms with Crippen LogP contribution in [-0.2, 0) is 11.8 Å². The van der Waals surface area contributed by atoms with Gasteiger partial charge in [-0.15, -0.1) is 0 Å². The quantitative estimate of drug-likeness (QED) is 0.250. The molecule has 0 aliphatic rings. The Bertz CT molecular complexity index is 1420. The SMILES string of the molecule is CC.Cc1cc(NC(=O)c2cc3cc(NC(=O)CC(C)(C)C)ccc3n2C)cnc1Cl.Cc1ccccc1F. The number of pyridine rings is 1. The van der Waals surface area contributed by atoms with Crippen LogP contribution in [-0.4, -0.2) is 21.4 Å². The summed E-state index contributed by atoms with van der Waals surface area (Å²) in [5.41, 5.74) is 4.10. The van der Waals surface area contributed by atoms with E-state index in [4.69, 9.17) is 11.6 Å².